The number of aromatic nitrogens is 1. The first-order valence-electron chi connectivity index (χ1n) is 9.49. The lowest BCUT2D eigenvalue weighted by Crippen LogP contribution is -2.54. The second-order valence-corrected chi connectivity index (χ2v) is 8.40. The smallest absolute Gasteiger partial charge is 0.270 e. The van der Waals surface area contributed by atoms with Crippen molar-refractivity contribution in [1.29, 1.82) is 0 Å². The van der Waals surface area contributed by atoms with E-state index >= 15 is 0 Å². The van der Waals surface area contributed by atoms with Gasteiger partial charge >= 0.3 is 0 Å². The molecule has 1 aliphatic heterocycles. The molecule has 1 aliphatic rings. The van der Waals surface area contributed by atoms with Crippen LogP contribution in [0.1, 0.15) is 17.0 Å². The highest BCUT2D eigenvalue weighted by Crippen LogP contribution is 2.30. The number of nitrogens with zero attached hydrogens (tertiary/aromatic N) is 2. The molecule has 2 amide bonds. The highest BCUT2D eigenvalue weighted by Gasteiger charge is 2.35. The lowest BCUT2D eigenvalue weighted by molar-refractivity contribution is -0.122. The van der Waals surface area contributed by atoms with Crippen LogP contribution in [0.15, 0.2) is 54.1 Å². The molecule has 1 N–H and O–H groups in total. The molecule has 1 saturated heterocycles. The van der Waals surface area contributed by atoms with Gasteiger partial charge in [-0.05, 0) is 86.2 Å². The molecular formula is C23H16Cl2FN3O2S. The summed E-state index contributed by atoms with van der Waals surface area (Å²) in [5.74, 6) is -1.51. The minimum absolute atomic E-state index is 0.0488. The summed E-state index contributed by atoms with van der Waals surface area (Å²) < 4.78 is 15.2. The van der Waals surface area contributed by atoms with E-state index < -0.39 is 11.8 Å². The molecule has 5 nitrogen and oxygen atoms in total. The van der Waals surface area contributed by atoms with E-state index in [1.165, 1.54) is 29.2 Å². The first kappa shape index (κ1) is 22.2. The van der Waals surface area contributed by atoms with E-state index in [9.17, 15) is 14.0 Å². The Hall–Kier alpha value is -3.00. The molecule has 162 valence electrons. The number of amides is 2. The first-order chi connectivity index (χ1) is 15.2. The molecule has 9 heteroatoms. The van der Waals surface area contributed by atoms with Gasteiger partial charge in [0.05, 0.1) is 15.7 Å². The Morgan fingerprint density at radius 2 is 1.62 bits per heavy atom. The Bertz CT molecular complexity index is 1320. The number of benzene rings is 2. The van der Waals surface area contributed by atoms with Gasteiger partial charge < -0.3 is 4.57 Å². The van der Waals surface area contributed by atoms with Crippen LogP contribution < -0.4 is 10.2 Å². The third-order valence-electron chi connectivity index (χ3n) is 5.12. The van der Waals surface area contributed by atoms with Gasteiger partial charge in [-0.25, -0.2) is 4.39 Å². The predicted molar refractivity (Wildman–Crippen MR) is 128 cm³/mol. The fraction of sp³-hybridized carbons (Fsp3) is 0.0870. The van der Waals surface area contributed by atoms with Gasteiger partial charge in [0.1, 0.15) is 11.4 Å². The van der Waals surface area contributed by atoms with E-state index in [1.807, 2.05) is 24.5 Å². The van der Waals surface area contributed by atoms with Crippen molar-refractivity contribution in [3.8, 4) is 5.69 Å². The maximum Gasteiger partial charge on any atom is 0.270 e. The largest absolute Gasteiger partial charge is 0.318 e. The van der Waals surface area contributed by atoms with E-state index in [4.69, 9.17) is 35.4 Å². The zero-order valence-electron chi connectivity index (χ0n) is 16.9. The van der Waals surface area contributed by atoms with Gasteiger partial charge in [-0.2, -0.15) is 0 Å². The summed E-state index contributed by atoms with van der Waals surface area (Å²) in [6.45, 7) is 3.74. The van der Waals surface area contributed by atoms with E-state index in [0.717, 1.165) is 17.1 Å². The van der Waals surface area contributed by atoms with Crippen molar-refractivity contribution in [2.45, 2.75) is 13.8 Å². The van der Waals surface area contributed by atoms with Gasteiger partial charge in [0.25, 0.3) is 11.8 Å². The van der Waals surface area contributed by atoms with Gasteiger partial charge in [0, 0.05) is 17.1 Å². The van der Waals surface area contributed by atoms with E-state index in [-0.39, 0.29) is 21.5 Å². The maximum absolute atomic E-state index is 13.3. The number of carbonyl (C=O) groups is 2. The number of hydrogen-bond donors (Lipinski definition) is 1. The third-order valence-corrected chi connectivity index (χ3v) is 6.14. The molecule has 0 saturated carbocycles. The number of hydrogen-bond acceptors (Lipinski definition) is 3. The van der Waals surface area contributed by atoms with Gasteiger partial charge in [-0.1, -0.05) is 23.2 Å². The minimum Gasteiger partial charge on any atom is -0.318 e. The van der Waals surface area contributed by atoms with Crippen LogP contribution >= 0.6 is 35.4 Å². The molecule has 1 aromatic heterocycles. The second kappa shape index (κ2) is 8.50. The average Bonchev–Trinajstić information content (AvgIpc) is 3.01. The number of halogens is 3. The SMILES string of the molecule is Cc1cc(/C=C2\C(=O)NC(=S)N(c3ccc(Cl)c(Cl)c3)C2=O)c(C)n1-c1ccc(F)cc1. The molecule has 0 radical (unpaired) electrons. The zero-order valence-corrected chi connectivity index (χ0v) is 19.3. The fourth-order valence-corrected chi connectivity index (χ4v) is 4.17. The molecule has 32 heavy (non-hydrogen) atoms. The van der Waals surface area contributed by atoms with Crippen molar-refractivity contribution in [1.82, 2.24) is 9.88 Å². The standard InChI is InChI=1S/C23H16Cl2FN3O2S/c1-12-9-14(13(2)28(12)16-5-3-15(26)4-6-16)10-18-21(30)27-23(32)29(22(18)31)17-7-8-19(24)20(25)11-17/h3-11H,1-2H3,(H,27,30,32)/b18-10+. The summed E-state index contributed by atoms with van der Waals surface area (Å²) in [4.78, 5) is 27.1. The highest BCUT2D eigenvalue weighted by atomic mass is 35.5. The highest BCUT2D eigenvalue weighted by molar-refractivity contribution is 7.80. The van der Waals surface area contributed by atoms with Gasteiger partial charge in [0.15, 0.2) is 5.11 Å². The number of anilines is 1. The summed E-state index contributed by atoms with van der Waals surface area (Å²) >= 11 is 17.3. The van der Waals surface area contributed by atoms with Crippen LogP contribution in [0.2, 0.25) is 10.0 Å². The summed E-state index contributed by atoms with van der Waals surface area (Å²) in [5, 5.41) is 3.08. The van der Waals surface area contributed by atoms with Crippen molar-refractivity contribution in [2.75, 3.05) is 4.90 Å². The summed E-state index contributed by atoms with van der Waals surface area (Å²) in [5.41, 5.74) is 3.40. The number of nitrogens with one attached hydrogen (secondary N) is 1. The fourth-order valence-electron chi connectivity index (χ4n) is 3.59. The molecule has 1 fully saturated rings. The van der Waals surface area contributed by atoms with Crippen molar-refractivity contribution in [3.63, 3.8) is 0 Å². The summed E-state index contributed by atoms with van der Waals surface area (Å²) in [7, 11) is 0. The van der Waals surface area contributed by atoms with Crippen molar-refractivity contribution < 1.29 is 14.0 Å². The first-order valence-corrected chi connectivity index (χ1v) is 10.6. The molecule has 0 atom stereocenters. The van der Waals surface area contributed by atoms with E-state index in [0.29, 0.717) is 16.3 Å². The van der Waals surface area contributed by atoms with Crippen LogP contribution in [0.5, 0.6) is 0 Å². The molecule has 2 aromatic carbocycles. The quantitative estimate of drug-likeness (QED) is 0.307. The number of carbonyl (C=O) groups excluding carboxylic acids is 2. The van der Waals surface area contributed by atoms with Crippen LogP contribution in [0, 0.1) is 19.7 Å². The van der Waals surface area contributed by atoms with Crippen molar-refractivity contribution in [2.24, 2.45) is 0 Å². The number of thiocarbonyl (C=S) groups is 1. The van der Waals surface area contributed by atoms with Gasteiger partial charge in [0.2, 0.25) is 0 Å². The molecule has 0 bridgehead atoms. The Labute approximate surface area is 199 Å². The predicted octanol–water partition coefficient (Wildman–Crippen LogP) is 5.37. The molecule has 2 heterocycles. The van der Waals surface area contributed by atoms with Gasteiger partial charge in [-0.15, -0.1) is 0 Å². The van der Waals surface area contributed by atoms with Gasteiger partial charge in [-0.3, -0.25) is 19.8 Å². The molecule has 0 aliphatic carbocycles. The summed E-state index contributed by atoms with van der Waals surface area (Å²) in [6, 6.07) is 12.6. The zero-order chi connectivity index (χ0) is 23.2. The Kier molecular flexibility index (Phi) is 5.90. The topological polar surface area (TPSA) is 54.3 Å². The monoisotopic (exact) mass is 487 g/mol. The summed E-state index contributed by atoms with van der Waals surface area (Å²) in [6.07, 6.45) is 1.52. The Morgan fingerprint density at radius 3 is 2.28 bits per heavy atom. The molecular weight excluding hydrogens is 472 g/mol. The van der Waals surface area contributed by atoms with E-state index in [2.05, 4.69) is 5.32 Å². The molecule has 0 spiro atoms. The molecule has 3 aromatic rings. The van der Waals surface area contributed by atoms with Crippen molar-refractivity contribution in [3.05, 3.63) is 86.9 Å². The van der Waals surface area contributed by atoms with Crippen LogP contribution in [-0.2, 0) is 9.59 Å². The minimum atomic E-state index is -0.595. The van der Waals surface area contributed by atoms with Crippen LogP contribution in [0.25, 0.3) is 11.8 Å². The Balaban J connectivity index is 1.76. The lowest BCUT2D eigenvalue weighted by Gasteiger charge is -2.29. The van der Waals surface area contributed by atoms with Crippen LogP contribution in [0.4, 0.5) is 10.1 Å². The molecule has 4 rings (SSSR count). The molecule has 0 unspecified atom stereocenters. The second-order valence-electron chi connectivity index (χ2n) is 7.19. The lowest BCUT2D eigenvalue weighted by atomic mass is 10.1. The third kappa shape index (κ3) is 3.95. The maximum atomic E-state index is 13.3. The van der Waals surface area contributed by atoms with Crippen LogP contribution in [0.3, 0.4) is 0 Å². The number of aryl methyl sites for hydroxylation is 1. The Morgan fingerprint density at radius 1 is 0.969 bits per heavy atom. The van der Waals surface area contributed by atoms with Crippen molar-refractivity contribution >= 4 is 64.1 Å². The van der Waals surface area contributed by atoms with E-state index in [1.54, 1.807) is 24.3 Å². The number of rotatable bonds is 3. The average molecular weight is 488 g/mol. The van der Waals surface area contributed by atoms with Crippen LogP contribution in [-0.4, -0.2) is 21.5 Å². The normalized spacial score (nSPS) is 15.5.